The van der Waals surface area contributed by atoms with Crippen molar-refractivity contribution in [2.45, 2.75) is 88.2 Å². The summed E-state index contributed by atoms with van der Waals surface area (Å²) in [6.45, 7) is 20.1. The predicted octanol–water partition coefficient (Wildman–Crippen LogP) is 9.62. The zero-order chi connectivity index (χ0) is 32.4. The molecule has 1 aliphatic rings. The van der Waals surface area contributed by atoms with Crippen LogP contribution in [0.4, 0.5) is 0 Å². The van der Waals surface area contributed by atoms with Crippen LogP contribution in [-0.4, -0.2) is 22.1 Å². The highest BCUT2D eigenvalue weighted by molar-refractivity contribution is 5.96. The van der Waals surface area contributed by atoms with Gasteiger partial charge in [-0.25, -0.2) is 0 Å². The van der Waals surface area contributed by atoms with Crippen molar-refractivity contribution in [1.29, 1.82) is 0 Å². The maximum atomic E-state index is 13.0. The molecule has 1 aromatic rings. The van der Waals surface area contributed by atoms with Crippen LogP contribution in [0.2, 0.25) is 0 Å². The lowest BCUT2D eigenvalue weighted by atomic mass is 9.66. The molecule has 1 fully saturated rings. The fraction of sp³-hybridized carbons (Fsp3) is 0.375. The van der Waals surface area contributed by atoms with E-state index in [0.29, 0.717) is 18.4 Å². The maximum Gasteiger partial charge on any atom is 0.165 e. The Labute approximate surface area is 260 Å². The summed E-state index contributed by atoms with van der Waals surface area (Å²) in [5, 5.41) is 20.6. The zero-order valence-electron chi connectivity index (χ0n) is 27.8. The lowest BCUT2D eigenvalue weighted by Crippen LogP contribution is -2.36. The molecule has 228 valence electrons. The molecule has 0 spiro atoms. The van der Waals surface area contributed by atoms with Gasteiger partial charge in [0.2, 0.25) is 0 Å². The van der Waals surface area contributed by atoms with Crippen LogP contribution in [0.3, 0.4) is 0 Å². The van der Waals surface area contributed by atoms with E-state index in [1.54, 1.807) is 13.0 Å². The summed E-state index contributed by atoms with van der Waals surface area (Å²) >= 11 is 0. The number of ketones is 1. The summed E-state index contributed by atoms with van der Waals surface area (Å²) < 4.78 is 0. The van der Waals surface area contributed by atoms with E-state index < -0.39 is 11.5 Å². The summed E-state index contributed by atoms with van der Waals surface area (Å²) in [6, 6.07) is 4.22. The molecule has 0 aliphatic heterocycles. The van der Waals surface area contributed by atoms with Gasteiger partial charge in [-0.05, 0) is 101 Å². The number of hydrogen-bond acceptors (Lipinski definition) is 3. The molecule has 2 rings (SSSR count). The quantitative estimate of drug-likeness (QED) is 0.133. The smallest absolute Gasteiger partial charge is 0.165 e. The highest BCUT2D eigenvalue weighted by Gasteiger charge is 2.53. The second kappa shape index (κ2) is 15.6. The van der Waals surface area contributed by atoms with Gasteiger partial charge in [0.05, 0.1) is 6.10 Å². The third kappa shape index (κ3) is 10.1. The molecular weight excluding hydrogens is 528 g/mol. The Morgan fingerprint density at radius 3 is 1.98 bits per heavy atom. The van der Waals surface area contributed by atoms with Gasteiger partial charge in [-0.2, -0.15) is 0 Å². The molecule has 2 unspecified atom stereocenters. The Balaban J connectivity index is 1.94. The van der Waals surface area contributed by atoms with E-state index in [2.05, 4.69) is 57.7 Å². The Kier molecular flexibility index (Phi) is 12.8. The monoisotopic (exact) mass is 578 g/mol. The molecule has 1 saturated carbocycles. The number of aryl methyl sites for hydroxylation is 1. The average molecular weight is 579 g/mol. The molecule has 0 radical (unpaired) electrons. The number of benzene rings is 1. The van der Waals surface area contributed by atoms with Crippen LogP contribution in [0, 0.1) is 43.4 Å². The van der Waals surface area contributed by atoms with E-state index >= 15 is 0 Å². The van der Waals surface area contributed by atoms with Crippen LogP contribution in [0.15, 0.2) is 107 Å². The summed E-state index contributed by atoms with van der Waals surface area (Å²) in [5.41, 5.74) is 7.67. The average Bonchev–Trinajstić information content (AvgIpc) is 3.15. The van der Waals surface area contributed by atoms with Gasteiger partial charge in [-0.1, -0.05) is 111 Å². The number of rotatable bonds is 9. The normalized spacial score (nSPS) is 22.1. The SMILES string of the molecule is C\C(C#Cc1ccc(C)c(C)c1C)=C/C=C/C(C)=C/C=C/C=C(C)/C=C/C=C(C)/C(O)=C/C(=O)C1(C)CC(O)CC1(C)C. The molecule has 0 heterocycles. The summed E-state index contributed by atoms with van der Waals surface area (Å²) in [5.74, 6) is 6.35. The zero-order valence-corrected chi connectivity index (χ0v) is 27.8. The second-order valence-electron chi connectivity index (χ2n) is 12.7. The number of carbonyl (C=O) groups excluding carboxylic acids is 1. The van der Waals surface area contributed by atoms with Crippen LogP contribution in [0.25, 0.3) is 0 Å². The molecule has 2 atom stereocenters. The van der Waals surface area contributed by atoms with Crippen molar-refractivity contribution in [1.82, 2.24) is 0 Å². The molecule has 0 saturated heterocycles. The van der Waals surface area contributed by atoms with E-state index in [1.165, 1.54) is 22.8 Å². The predicted molar refractivity (Wildman–Crippen MR) is 183 cm³/mol. The van der Waals surface area contributed by atoms with Gasteiger partial charge in [0.1, 0.15) is 5.76 Å². The van der Waals surface area contributed by atoms with Crippen molar-refractivity contribution in [3.63, 3.8) is 0 Å². The van der Waals surface area contributed by atoms with Crippen molar-refractivity contribution >= 4 is 5.78 Å². The molecule has 0 amide bonds. The van der Waals surface area contributed by atoms with E-state index in [1.807, 2.05) is 83.2 Å². The van der Waals surface area contributed by atoms with Crippen molar-refractivity contribution in [2.24, 2.45) is 10.8 Å². The van der Waals surface area contributed by atoms with Crippen molar-refractivity contribution in [2.75, 3.05) is 0 Å². The maximum absolute atomic E-state index is 13.0. The van der Waals surface area contributed by atoms with Crippen LogP contribution in [0.1, 0.15) is 83.6 Å². The summed E-state index contributed by atoms with van der Waals surface area (Å²) in [6.07, 6.45) is 21.5. The van der Waals surface area contributed by atoms with E-state index in [9.17, 15) is 15.0 Å². The van der Waals surface area contributed by atoms with Crippen molar-refractivity contribution in [3.05, 3.63) is 129 Å². The number of carbonyl (C=O) groups is 1. The van der Waals surface area contributed by atoms with Gasteiger partial charge in [0, 0.05) is 17.1 Å². The van der Waals surface area contributed by atoms with Crippen LogP contribution in [0.5, 0.6) is 0 Å². The fourth-order valence-corrected chi connectivity index (χ4v) is 5.06. The van der Waals surface area contributed by atoms with Crippen LogP contribution in [-0.2, 0) is 4.79 Å². The fourth-order valence-electron chi connectivity index (χ4n) is 5.06. The lowest BCUT2D eigenvalue weighted by Gasteiger charge is -2.35. The van der Waals surface area contributed by atoms with Gasteiger partial charge in [-0.15, -0.1) is 0 Å². The first-order valence-electron chi connectivity index (χ1n) is 15.0. The first kappa shape index (κ1) is 35.3. The van der Waals surface area contributed by atoms with Crippen molar-refractivity contribution < 1.29 is 15.0 Å². The minimum atomic E-state index is -0.699. The van der Waals surface area contributed by atoms with E-state index in [-0.39, 0.29) is 17.0 Å². The second-order valence-corrected chi connectivity index (χ2v) is 12.7. The largest absolute Gasteiger partial charge is 0.508 e. The summed E-state index contributed by atoms with van der Waals surface area (Å²) in [7, 11) is 0. The number of allylic oxidation sites excluding steroid dienone is 15. The molecule has 3 heteroatoms. The molecule has 43 heavy (non-hydrogen) atoms. The highest BCUT2D eigenvalue weighted by Crippen LogP contribution is 2.53. The highest BCUT2D eigenvalue weighted by atomic mass is 16.3. The Morgan fingerprint density at radius 1 is 0.837 bits per heavy atom. The third-order valence-electron chi connectivity index (χ3n) is 8.79. The molecular formula is C40H50O3. The van der Waals surface area contributed by atoms with Gasteiger partial charge >= 0.3 is 0 Å². The summed E-state index contributed by atoms with van der Waals surface area (Å²) in [4.78, 5) is 13.0. The Bertz CT molecular complexity index is 1500. The Morgan fingerprint density at radius 2 is 1.42 bits per heavy atom. The van der Waals surface area contributed by atoms with Gasteiger partial charge in [-0.3, -0.25) is 4.79 Å². The molecule has 3 nitrogen and oxygen atoms in total. The first-order chi connectivity index (χ1) is 20.1. The molecule has 0 aromatic heterocycles. The van der Waals surface area contributed by atoms with E-state index in [0.717, 1.165) is 22.3 Å². The number of aliphatic hydroxyl groups is 2. The number of aliphatic hydroxyl groups excluding tert-OH is 2. The topological polar surface area (TPSA) is 57.5 Å². The van der Waals surface area contributed by atoms with Gasteiger partial charge in [0.25, 0.3) is 0 Å². The standard InChI is InChI=1S/C40H50O3/c1-28(17-13-18-30(3)21-23-35-24-22-31(4)33(6)34(35)7)15-11-12-16-29(2)19-14-20-32(5)37(42)25-38(43)40(10)27-36(41)26-39(40,8)9/h11-20,22,24-25,36,41-42H,26-27H2,1-10H3/b12-11+,17-13+,19-14+,28-15+,29-16+,30-18+,32-20+,37-25-. The van der Waals surface area contributed by atoms with Crippen LogP contribution < -0.4 is 0 Å². The minimum Gasteiger partial charge on any atom is -0.508 e. The van der Waals surface area contributed by atoms with Crippen molar-refractivity contribution in [3.8, 4) is 11.8 Å². The van der Waals surface area contributed by atoms with Gasteiger partial charge < -0.3 is 10.2 Å². The van der Waals surface area contributed by atoms with E-state index in [4.69, 9.17) is 0 Å². The van der Waals surface area contributed by atoms with Gasteiger partial charge in [0.15, 0.2) is 5.78 Å². The third-order valence-corrected chi connectivity index (χ3v) is 8.79. The molecule has 1 aromatic carbocycles. The molecule has 0 bridgehead atoms. The Hall–Kier alpha value is -3.87. The molecule has 2 N–H and O–H groups in total. The minimum absolute atomic E-state index is 0.0446. The van der Waals surface area contributed by atoms with Crippen LogP contribution >= 0.6 is 0 Å². The lowest BCUT2D eigenvalue weighted by molar-refractivity contribution is -0.127. The first-order valence-corrected chi connectivity index (χ1v) is 15.0. The number of hydrogen-bond donors (Lipinski definition) is 2. The molecule has 1 aliphatic carbocycles.